The van der Waals surface area contributed by atoms with Gasteiger partial charge < -0.3 is 11.1 Å². The molecule has 6 nitrogen and oxygen atoms in total. The summed E-state index contributed by atoms with van der Waals surface area (Å²) >= 11 is 1.17. The molecule has 2 rings (SSSR count). The van der Waals surface area contributed by atoms with E-state index >= 15 is 0 Å². The predicted octanol–water partition coefficient (Wildman–Crippen LogP) is 2.63. The molecule has 0 bridgehead atoms. The molecule has 0 saturated carbocycles. The minimum atomic E-state index is -4.36. The second kappa shape index (κ2) is 6.39. The Bertz CT molecular complexity index is 802. The lowest BCUT2D eigenvalue weighted by atomic mass is 10.3. The van der Waals surface area contributed by atoms with Gasteiger partial charge in [-0.2, -0.15) is 8.42 Å². The lowest BCUT2D eigenvalue weighted by molar-refractivity contribution is -0.114. The highest BCUT2D eigenvalue weighted by Crippen LogP contribution is 2.34. The van der Waals surface area contributed by atoms with Crippen molar-refractivity contribution in [2.75, 3.05) is 11.1 Å². The number of nitrogen functional groups attached to an aromatic ring is 1. The summed E-state index contributed by atoms with van der Waals surface area (Å²) in [6, 6.07) is 11.2. The summed E-state index contributed by atoms with van der Waals surface area (Å²) < 4.78 is 32.1. The van der Waals surface area contributed by atoms with Crippen LogP contribution >= 0.6 is 11.8 Å². The van der Waals surface area contributed by atoms with Crippen LogP contribution in [-0.4, -0.2) is 18.9 Å². The molecule has 2 aromatic rings. The normalized spacial score (nSPS) is 11.2. The molecule has 22 heavy (non-hydrogen) atoms. The predicted molar refractivity (Wildman–Crippen MR) is 85.5 cm³/mol. The quantitative estimate of drug-likeness (QED) is 0.584. The van der Waals surface area contributed by atoms with E-state index in [1.165, 1.54) is 30.8 Å². The third-order valence-electron chi connectivity index (χ3n) is 2.65. The maximum atomic E-state index is 11.4. The van der Waals surface area contributed by atoms with Gasteiger partial charge in [-0.1, -0.05) is 11.8 Å². The first-order valence-electron chi connectivity index (χ1n) is 6.18. The minimum Gasteiger partial charge on any atom is -0.399 e. The Labute approximate surface area is 132 Å². The number of nitrogens with one attached hydrogen (secondary N) is 1. The van der Waals surface area contributed by atoms with Crippen LogP contribution in [0.15, 0.2) is 57.2 Å². The highest BCUT2D eigenvalue weighted by molar-refractivity contribution is 8.00. The molecule has 0 atom stereocenters. The molecule has 0 fully saturated rings. The average molecular weight is 338 g/mol. The topological polar surface area (TPSA) is 109 Å². The maximum Gasteiger partial charge on any atom is 0.295 e. The smallest absolute Gasteiger partial charge is 0.295 e. The fraction of sp³-hybridized carbons (Fsp3) is 0.0714. The summed E-state index contributed by atoms with van der Waals surface area (Å²) in [6.07, 6.45) is 0. The molecule has 0 aliphatic heterocycles. The molecular formula is C14H14N2O4S2. The van der Waals surface area contributed by atoms with E-state index in [1.54, 1.807) is 30.3 Å². The number of hydrogen-bond donors (Lipinski definition) is 3. The van der Waals surface area contributed by atoms with E-state index in [2.05, 4.69) is 5.32 Å². The number of amides is 1. The molecule has 4 N–H and O–H groups in total. The van der Waals surface area contributed by atoms with Gasteiger partial charge in [-0.25, -0.2) is 0 Å². The molecule has 116 valence electrons. The van der Waals surface area contributed by atoms with Crippen molar-refractivity contribution in [1.29, 1.82) is 0 Å². The van der Waals surface area contributed by atoms with Crippen LogP contribution in [0.2, 0.25) is 0 Å². The van der Waals surface area contributed by atoms with Crippen molar-refractivity contribution in [3.8, 4) is 0 Å². The van der Waals surface area contributed by atoms with Gasteiger partial charge in [0.15, 0.2) is 0 Å². The van der Waals surface area contributed by atoms with Crippen LogP contribution in [0.3, 0.4) is 0 Å². The Kier molecular flexibility index (Phi) is 4.74. The molecule has 0 unspecified atom stereocenters. The van der Waals surface area contributed by atoms with Gasteiger partial charge in [-0.3, -0.25) is 9.35 Å². The maximum absolute atomic E-state index is 11.4. The monoisotopic (exact) mass is 338 g/mol. The standard InChI is InChI=1S/C14H14N2O4S2/c1-9(17)16-11-3-5-12(6-4-11)21-13-7-2-10(15)8-14(13)22(18,19)20/h2-8H,15H2,1H3,(H,16,17)(H,18,19,20). The summed E-state index contributed by atoms with van der Waals surface area (Å²) in [7, 11) is -4.36. The van der Waals surface area contributed by atoms with Gasteiger partial charge in [0.1, 0.15) is 4.90 Å². The van der Waals surface area contributed by atoms with Crippen molar-refractivity contribution >= 4 is 39.2 Å². The number of hydrogen-bond acceptors (Lipinski definition) is 5. The lowest BCUT2D eigenvalue weighted by Crippen LogP contribution is -2.05. The summed E-state index contributed by atoms with van der Waals surface area (Å²) in [5.41, 5.74) is 6.45. The molecule has 0 aliphatic carbocycles. The summed E-state index contributed by atoms with van der Waals surface area (Å²) in [6.45, 7) is 1.41. The number of carbonyl (C=O) groups excluding carboxylic acids is 1. The van der Waals surface area contributed by atoms with Crippen molar-refractivity contribution in [2.45, 2.75) is 21.6 Å². The minimum absolute atomic E-state index is 0.174. The zero-order valence-corrected chi connectivity index (χ0v) is 13.2. The number of benzene rings is 2. The number of rotatable bonds is 4. The third-order valence-corrected chi connectivity index (χ3v) is 4.75. The summed E-state index contributed by atoms with van der Waals surface area (Å²) in [5, 5.41) is 2.64. The molecule has 0 spiro atoms. The second-order valence-electron chi connectivity index (χ2n) is 4.49. The Morgan fingerprint density at radius 1 is 1.18 bits per heavy atom. The van der Waals surface area contributed by atoms with Gasteiger partial charge in [0, 0.05) is 28.1 Å². The number of carbonyl (C=O) groups is 1. The van der Waals surface area contributed by atoms with Crippen molar-refractivity contribution < 1.29 is 17.8 Å². The van der Waals surface area contributed by atoms with Crippen LogP contribution in [0.5, 0.6) is 0 Å². The van der Waals surface area contributed by atoms with Crippen molar-refractivity contribution in [1.82, 2.24) is 0 Å². The highest BCUT2D eigenvalue weighted by atomic mass is 32.2. The molecule has 0 heterocycles. The molecular weight excluding hydrogens is 324 g/mol. The van der Waals surface area contributed by atoms with Crippen LogP contribution in [0, 0.1) is 0 Å². The van der Waals surface area contributed by atoms with E-state index < -0.39 is 10.1 Å². The molecule has 8 heteroatoms. The fourth-order valence-corrected chi connectivity index (χ4v) is 3.62. The van der Waals surface area contributed by atoms with Crippen LogP contribution in [-0.2, 0) is 14.9 Å². The Morgan fingerprint density at radius 3 is 2.36 bits per heavy atom. The molecule has 0 aliphatic rings. The van der Waals surface area contributed by atoms with Gasteiger partial charge in [-0.15, -0.1) is 0 Å². The SMILES string of the molecule is CC(=O)Nc1ccc(Sc2ccc(N)cc2S(=O)(=O)O)cc1. The summed E-state index contributed by atoms with van der Waals surface area (Å²) in [5.74, 6) is -0.174. The van der Waals surface area contributed by atoms with Crippen molar-refractivity contribution in [3.63, 3.8) is 0 Å². The van der Waals surface area contributed by atoms with Crippen molar-refractivity contribution in [2.24, 2.45) is 0 Å². The molecule has 2 aromatic carbocycles. The first-order chi connectivity index (χ1) is 10.3. The van der Waals surface area contributed by atoms with Gasteiger partial charge >= 0.3 is 0 Å². The zero-order valence-electron chi connectivity index (χ0n) is 11.6. The largest absolute Gasteiger partial charge is 0.399 e. The van der Waals surface area contributed by atoms with Crippen LogP contribution in [0.4, 0.5) is 11.4 Å². The number of anilines is 2. The van der Waals surface area contributed by atoms with E-state index in [1.807, 2.05) is 0 Å². The lowest BCUT2D eigenvalue weighted by Gasteiger charge is -2.08. The molecule has 1 amide bonds. The fourth-order valence-electron chi connectivity index (χ4n) is 1.75. The van der Waals surface area contributed by atoms with E-state index in [0.29, 0.717) is 10.6 Å². The zero-order chi connectivity index (χ0) is 16.3. The van der Waals surface area contributed by atoms with Gasteiger partial charge in [0.05, 0.1) is 0 Å². The van der Waals surface area contributed by atoms with E-state index in [0.717, 1.165) is 4.90 Å². The van der Waals surface area contributed by atoms with Crippen LogP contribution in [0.1, 0.15) is 6.92 Å². The van der Waals surface area contributed by atoms with E-state index in [4.69, 9.17) is 5.73 Å². The van der Waals surface area contributed by atoms with E-state index in [9.17, 15) is 17.8 Å². The Morgan fingerprint density at radius 2 is 1.82 bits per heavy atom. The van der Waals surface area contributed by atoms with Crippen LogP contribution in [0.25, 0.3) is 0 Å². The molecule has 0 radical (unpaired) electrons. The number of nitrogens with two attached hydrogens (primary N) is 1. The average Bonchev–Trinajstić information content (AvgIpc) is 2.41. The van der Waals surface area contributed by atoms with Gasteiger partial charge in [0.25, 0.3) is 10.1 Å². The molecule has 0 saturated heterocycles. The first kappa shape index (κ1) is 16.3. The third kappa shape index (κ3) is 4.23. The Balaban J connectivity index is 2.29. The molecule has 0 aromatic heterocycles. The van der Waals surface area contributed by atoms with Gasteiger partial charge in [0.2, 0.25) is 5.91 Å². The highest BCUT2D eigenvalue weighted by Gasteiger charge is 2.16. The van der Waals surface area contributed by atoms with E-state index in [-0.39, 0.29) is 16.5 Å². The first-order valence-corrected chi connectivity index (χ1v) is 8.44. The Hall–Kier alpha value is -2.03. The van der Waals surface area contributed by atoms with Gasteiger partial charge in [-0.05, 0) is 42.5 Å². The van der Waals surface area contributed by atoms with Crippen molar-refractivity contribution in [3.05, 3.63) is 42.5 Å². The summed E-state index contributed by atoms with van der Waals surface area (Å²) in [4.78, 5) is 11.8. The van der Waals surface area contributed by atoms with Crippen LogP contribution < -0.4 is 11.1 Å². The second-order valence-corrected chi connectivity index (χ2v) is 6.99.